The number of carbonyl (C=O) groups is 1. The number of rotatable bonds is 6. The Balaban J connectivity index is 2.07. The molecule has 0 radical (unpaired) electrons. The molecular weight excluding hydrogens is 324 g/mol. The van der Waals surface area contributed by atoms with Gasteiger partial charge in [0.15, 0.2) is 0 Å². The van der Waals surface area contributed by atoms with Crippen LogP contribution in [0.3, 0.4) is 0 Å². The van der Waals surface area contributed by atoms with Crippen LogP contribution in [0.1, 0.15) is 17.2 Å². The molecule has 0 spiro atoms. The summed E-state index contributed by atoms with van der Waals surface area (Å²) in [6, 6.07) is 14.3. The summed E-state index contributed by atoms with van der Waals surface area (Å²) in [5.74, 6) is -1.16. The van der Waals surface area contributed by atoms with Gasteiger partial charge in [0.1, 0.15) is 12.4 Å². The fourth-order valence-corrected chi connectivity index (χ4v) is 2.18. The Morgan fingerprint density at radius 1 is 0.958 bits per heavy atom. The lowest BCUT2D eigenvalue weighted by Gasteiger charge is -2.20. The molecule has 3 nitrogen and oxygen atoms in total. The summed E-state index contributed by atoms with van der Waals surface area (Å²) < 4.78 is 49.4. The Labute approximate surface area is 136 Å². The molecule has 2 rings (SSSR count). The molecule has 128 valence electrons. The van der Waals surface area contributed by atoms with Gasteiger partial charge in [-0.15, -0.1) is 0 Å². The van der Waals surface area contributed by atoms with Gasteiger partial charge >= 0.3 is 6.18 Å². The van der Waals surface area contributed by atoms with Crippen molar-refractivity contribution in [3.05, 3.63) is 71.5 Å². The number of hydrogen-bond acceptors (Lipinski definition) is 2. The molecule has 2 aromatic rings. The molecule has 0 aliphatic carbocycles. The Bertz CT molecular complexity index is 657. The van der Waals surface area contributed by atoms with E-state index >= 15 is 0 Å². The predicted molar refractivity (Wildman–Crippen MR) is 81.8 cm³/mol. The third kappa shape index (κ3) is 5.66. The van der Waals surface area contributed by atoms with Gasteiger partial charge in [-0.25, -0.2) is 4.39 Å². The molecule has 0 saturated carbocycles. The Morgan fingerprint density at radius 2 is 1.54 bits per heavy atom. The maximum absolute atomic E-state index is 13.1. The highest BCUT2D eigenvalue weighted by Crippen LogP contribution is 2.22. The predicted octanol–water partition coefficient (Wildman–Crippen LogP) is 3.18. The van der Waals surface area contributed by atoms with Gasteiger partial charge in [-0.05, 0) is 23.3 Å². The fourth-order valence-electron chi connectivity index (χ4n) is 2.18. The van der Waals surface area contributed by atoms with Crippen LogP contribution < -0.4 is 10.6 Å². The Hall–Kier alpha value is -2.41. The van der Waals surface area contributed by atoms with Gasteiger partial charge in [0.05, 0.1) is 12.6 Å². The summed E-state index contributed by atoms with van der Waals surface area (Å²) in [6.45, 7) is -1.67. The fraction of sp³-hybridized carbons (Fsp3) is 0.235. The zero-order valence-corrected chi connectivity index (χ0v) is 12.6. The van der Waals surface area contributed by atoms with Crippen LogP contribution in [0, 0.1) is 5.82 Å². The second-order valence-electron chi connectivity index (χ2n) is 5.17. The maximum Gasteiger partial charge on any atom is 0.405 e. The SMILES string of the molecule is O=C(CN[C@@H](c1ccccc1)c1ccc(F)cc1)NCC(F)(F)F. The zero-order valence-electron chi connectivity index (χ0n) is 12.6. The summed E-state index contributed by atoms with van der Waals surface area (Å²) in [4.78, 5) is 11.6. The van der Waals surface area contributed by atoms with E-state index in [0.717, 1.165) is 5.56 Å². The Morgan fingerprint density at radius 3 is 2.12 bits per heavy atom. The minimum Gasteiger partial charge on any atom is -0.346 e. The van der Waals surface area contributed by atoms with Crippen molar-refractivity contribution in [3.8, 4) is 0 Å². The van der Waals surface area contributed by atoms with Crippen molar-refractivity contribution in [2.75, 3.05) is 13.1 Å². The van der Waals surface area contributed by atoms with Crippen molar-refractivity contribution in [3.63, 3.8) is 0 Å². The van der Waals surface area contributed by atoms with Gasteiger partial charge in [-0.3, -0.25) is 10.1 Å². The monoisotopic (exact) mass is 340 g/mol. The van der Waals surface area contributed by atoms with Gasteiger partial charge in [-0.2, -0.15) is 13.2 Å². The van der Waals surface area contributed by atoms with Crippen molar-refractivity contribution >= 4 is 5.91 Å². The number of alkyl halides is 3. The molecule has 0 aliphatic rings. The molecule has 24 heavy (non-hydrogen) atoms. The van der Waals surface area contributed by atoms with Crippen LogP contribution in [0.2, 0.25) is 0 Å². The molecule has 0 saturated heterocycles. The molecule has 0 aliphatic heterocycles. The summed E-state index contributed by atoms with van der Waals surface area (Å²) in [5, 5.41) is 4.71. The first-order valence-corrected chi connectivity index (χ1v) is 7.22. The van der Waals surface area contributed by atoms with Crippen LogP contribution in [-0.2, 0) is 4.79 Å². The molecule has 1 amide bonds. The van der Waals surface area contributed by atoms with Gasteiger partial charge in [0.25, 0.3) is 0 Å². The van der Waals surface area contributed by atoms with Crippen molar-refractivity contribution in [1.29, 1.82) is 0 Å². The average Bonchev–Trinajstić information content (AvgIpc) is 2.55. The molecule has 2 N–H and O–H groups in total. The molecule has 0 bridgehead atoms. The number of halogens is 4. The molecule has 0 heterocycles. The van der Waals surface area contributed by atoms with Crippen LogP contribution in [-0.4, -0.2) is 25.2 Å². The van der Waals surface area contributed by atoms with Crippen molar-refractivity contribution in [1.82, 2.24) is 10.6 Å². The van der Waals surface area contributed by atoms with Gasteiger partial charge in [0.2, 0.25) is 5.91 Å². The summed E-state index contributed by atoms with van der Waals surface area (Å²) in [5.41, 5.74) is 1.51. The minimum absolute atomic E-state index is 0.299. The van der Waals surface area contributed by atoms with E-state index in [2.05, 4.69) is 5.32 Å². The second-order valence-corrected chi connectivity index (χ2v) is 5.17. The van der Waals surface area contributed by atoms with E-state index < -0.39 is 30.5 Å². The topological polar surface area (TPSA) is 41.1 Å². The van der Waals surface area contributed by atoms with E-state index in [-0.39, 0.29) is 6.54 Å². The molecule has 7 heteroatoms. The van der Waals surface area contributed by atoms with E-state index in [1.807, 2.05) is 18.2 Å². The van der Waals surface area contributed by atoms with Gasteiger partial charge < -0.3 is 5.32 Å². The van der Waals surface area contributed by atoms with Crippen molar-refractivity contribution in [2.45, 2.75) is 12.2 Å². The minimum atomic E-state index is -4.45. The molecule has 0 unspecified atom stereocenters. The van der Waals surface area contributed by atoms with Crippen LogP contribution in [0.25, 0.3) is 0 Å². The number of nitrogens with one attached hydrogen (secondary N) is 2. The standard InChI is InChI=1S/C17H16F4N2O/c18-14-8-6-13(7-9-14)16(12-4-2-1-3-5-12)22-10-15(24)23-11-17(19,20)21/h1-9,16,22H,10-11H2,(H,23,24)/t16-/m0/s1. The average molecular weight is 340 g/mol. The largest absolute Gasteiger partial charge is 0.405 e. The first-order valence-electron chi connectivity index (χ1n) is 7.22. The molecular formula is C17H16F4N2O. The van der Waals surface area contributed by atoms with Gasteiger partial charge in [0, 0.05) is 0 Å². The maximum atomic E-state index is 13.1. The Kier molecular flexibility index (Phi) is 5.92. The highest BCUT2D eigenvalue weighted by atomic mass is 19.4. The molecule has 1 atom stereocenters. The molecule has 2 aromatic carbocycles. The third-order valence-electron chi connectivity index (χ3n) is 3.29. The summed E-state index contributed by atoms with van der Waals surface area (Å²) in [6.07, 6.45) is -4.45. The number of hydrogen-bond donors (Lipinski definition) is 2. The number of carbonyl (C=O) groups excluding carboxylic acids is 1. The highest BCUT2D eigenvalue weighted by molar-refractivity contribution is 5.78. The summed E-state index contributed by atoms with van der Waals surface area (Å²) >= 11 is 0. The third-order valence-corrected chi connectivity index (χ3v) is 3.29. The van der Waals surface area contributed by atoms with Crippen LogP contribution >= 0.6 is 0 Å². The first kappa shape index (κ1) is 17.9. The second kappa shape index (κ2) is 7.92. The van der Waals surface area contributed by atoms with E-state index in [9.17, 15) is 22.4 Å². The van der Waals surface area contributed by atoms with E-state index in [4.69, 9.17) is 0 Å². The van der Waals surface area contributed by atoms with Crippen LogP contribution in [0.5, 0.6) is 0 Å². The zero-order chi connectivity index (χ0) is 17.6. The lowest BCUT2D eigenvalue weighted by molar-refractivity contribution is -0.137. The van der Waals surface area contributed by atoms with E-state index in [1.54, 1.807) is 29.6 Å². The van der Waals surface area contributed by atoms with Crippen molar-refractivity contribution < 1.29 is 22.4 Å². The van der Waals surface area contributed by atoms with E-state index in [0.29, 0.717) is 5.56 Å². The van der Waals surface area contributed by atoms with Gasteiger partial charge in [-0.1, -0.05) is 42.5 Å². The quantitative estimate of drug-likeness (QED) is 0.793. The van der Waals surface area contributed by atoms with Crippen molar-refractivity contribution in [2.24, 2.45) is 0 Å². The smallest absolute Gasteiger partial charge is 0.346 e. The van der Waals surface area contributed by atoms with Crippen LogP contribution in [0.4, 0.5) is 17.6 Å². The number of amides is 1. The molecule has 0 fully saturated rings. The normalized spacial score (nSPS) is 12.7. The summed E-state index contributed by atoms with van der Waals surface area (Å²) in [7, 11) is 0. The lowest BCUT2D eigenvalue weighted by Crippen LogP contribution is -2.40. The van der Waals surface area contributed by atoms with Crippen LogP contribution in [0.15, 0.2) is 54.6 Å². The first-order chi connectivity index (χ1) is 11.3. The number of benzene rings is 2. The molecule has 0 aromatic heterocycles. The van der Waals surface area contributed by atoms with E-state index in [1.165, 1.54) is 12.1 Å². The lowest BCUT2D eigenvalue weighted by atomic mass is 9.98. The highest BCUT2D eigenvalue weighted by Gasteiger charge is 2.27.